The molecule has 2 heterocycles. The van der Waals surface area contributed by atoms with Crippen LogP contribution in [-0.4, -0.2) is 4.57 Å². The fourth-order valence-corrected chi connectivity index (χ4v) is 7.81. The molecule has 4 heteroatoms. The van der Waals surface area contributed by atoms with Crippen molar-refractivity contribution in [2.75, 3.05) is 5.32 Å². The Balaban J connectivity index is 1.14. The van der Waals surface area contributed by atoms with Crippen LogP contribution in [0, 0.1) is 0 Å². The third-order valence-corrected chi connectivity index (χ3v) is 10.0. The molecule has 0 fully saturated rings. The Hall–Kier alpha value is -5.97. The molecule has 0 radical (unpaired) electrons. The lowest BCUT2D eigenvalue weighted by Crippen LogP contribution is -1.97. The van der Waals surface area contributed by atoms with Crippen LogP contribution in [0.2, 0.25) is 0 Å². The number of fused-ring (bicyclic) bond motifs is 10. The summed E-state index contributed by atoms with van der Waals surface area (Å²) in [5.41, 5.74) is 9.24. The Kier molecular flexibility index (Phi) is 5.96. The van der Waals surface area contributed by atoms with Gasteiger partial charge in [-0.2, -0.15) is 0 Å². The van der Waals surface area contributed by atoms with Gasteiger partial charge in [0, 0.05) is 38.0 Å². The SMILES string of the molecule is Sc1cc(-c2ccccc2)c2oc3ccccc3c2c1Nc1ccc(-n2c3ccc4ccccc4c3c3c4ccccc4ccc32)cc1. The number of hydrogen-bond acceptors (Lipinski definition) is 3. The molecule has 0 bridgehead atoms. The molecule has 226 valence electrons. The van der Waals surface area contributed by atoms with Crippen molar-refractivity contribution in [3.63, 3.8) is 0 Å². The highest BCUT2D eigenvalue weighted by atomic mass is 32.1. The number of para-hydroxylation sites is 1. The van der Waals surface area contributed by atoms with E-state index in [1.165, 1.54) is 43.4 Å². The number of thiol groups is 1. The summed E-state index contributed by atoms with van der Waals surface area (Å²) >= 11 is 5.03. The molecule has 0 saturated heterocycles. The largest absolute Gasteiger partial charge is 0.455 e. The lowest BCUT2D eigenvalue weighted by atomic mass is 10.00. The predicted molar refractivity (Wildman–Crippen MR) is 205 cm³/mol. The second-order valence-corrected chi connectivity index (χ2v) is 12.8. The zero-order valence-electron chi connectivity index (χ0n) is 25.8. The molecular formula is C44H28N2OS. The zero-order valence-corrected chi connectivity index (χ0v) is 26.7. The second kappa shape index (κ2) is 10.5. The van der Waals surface area contributed by atoms with E-state index in [1.54, 1.807) is 0 Å². The van der Waals surface area contributed by atoms with Crippen molar-refractivity contribution in [3.05, 3.63) is 158 Å². The van der Waals surface area contributed by atoms with Gasteiger partial charge in [-0.1, -0.05) is 109 Å². The molecule has 0 atom stereocenters. The number of nitrogens with zero attached hydrogens (tertiary/aromatic N) is 1. The van der Waals surface area contributed by atoms with E-state index in [2.05, 4.69) is 149 Å². The lowest BCUT2D eigenvalue weighted by Gasteiger charge is -2.15. The summed E-state index contributed by atoms with van der Waals surface area (Å²) in [6.07, 6.45) is 0. The molecule has 10 rings (SSSR count). The molecule has 0 saturated carbocycles. The molecule has 0 aliphatic heterocycles. The van der Waals surface area contributed by atoms with Gasteiger partial charge in [-0.25, -0.2) is 0 Å². The normalized spacial score (nSPS) is 11.9. The molecule has 8 aromatic carbocycles. The number of furan rings is 1. The Labute approximate surface area is 282 Å². The van der Waals surface area contributed by atoms with Gasteiger partial charge in [0.25, 0.3) is 0 Å². The van der Waals surface area contributed by atoms with E-state index in [-0.39, 0.29) is 0 Å². The van der Waals surface area contributed by atoms with Gasteiger partial charge in [-0.05, 0) is 75.6 Å². The maximum Gasteiger partial charge on any atom is 0.145 e. The smallest absolute Gasteiger partial charge is 0.145 e. The number of aromatic nitrogens is 1. The molecular weight excluding hydrogens is 605 g/mol. The molecule has 2 aromatic heterocycles. The van der Waals surface area contributed by atoms with Crippen LogP contribution in [0.15, 0.2) is 167 Å². The first-order valence-electron chi connectivity index (χ1n) is 16.2. The van der Waals surface area contributed by atoms with Gasteiger partial charge in [0.15, 0.2) is 0 Å². The summed E-state index contributed by atoms with van der Waals surface area (Å²) in [4.78, 5) is 0.859. The number of hydrogen-bond donors (Lipinski definition) is 2. The molecule has 10 aromatic rings. The van der Waals surface area contributed by atoms with E-state index in [1.807, 2.05) is 18.2 Å². The van der Waals surface area contributed by atoms with Crippen LogP contribution in [0.3, 0.4) is 0 Å². The summed E-state index contributed by atoms with van der Waals surface area (Å²) < 4.78 is 8.90. The van der Waals surface area contributed by atoms with Gasteiger partial charge in [0.05, 0.1) is 22.1 Å². The average Bonchev–Trinajstić information content (AvgIpc) is 3.70. The van der Waals surface area contributed by atoms with Crippen LogP contribution in [-0.2, 0) is 0 Å². The molecule has 48 heavy (non-hydrogen) atoms. The number of anilines is 2. The van der Waals surface area contributed by atoms with Crippen molar-refractivity contribution in [1.29, 1.82) is 0 Å². The van der Waals surface area contributed by atoms with E-state index in [0.29, 0.717) is 0 Å². The lowest BCUT2D eigenvalue weighted by molar-refractivity contribution is 0.670. The minimum absolute atomic E-state index is 0.851. The molecule has 0 unspecified atom stereocenters. The first-order chi connectivity index (χ1) is 23.7. The van der Waals surface area contributed by atoms with Crippen LogP contribution in [0.1, 0.15) is 0 Å². The highest BCUT2D eigenvalue weighted by Gasteiger charge is 2.20. The average molecular weight is 633 g/mol. The van der Waals surface area contributed by atoms with E-state index in [9.17, 15) is 0 Å². The highest BCUT2D eigenvalue weighted by molar-refractivity contribution is 7.80. The molecule has 0 amide bonds. The molecule has 0 aliphatic rings. The van der Waals surface area contributed by atoms with Crippen LogP contribution in [0.5, 0.6) is 0 Å². The molecule has 1 N–H and O–H groups in total. The van der Waals surface area contributed by atoms with Crippen LogP contribution in [0.4, 0.5) is 11.4 Å². The standard InChI is InChI=1S/C44H28N2OS/c48-39-26-35(27-10-2-1-3-11-27)44-42(34-16-8-9-17-38(34)47-44)43(39)45-30-20-22-31(23-21-30)46-36-24-18-28-12-4-6-14-32(28)40(36)41-33-15-7-5-13-29(33)19-25-37(41)46/h1-26,45,48H. The molecule has 0 aliphatic carbocycles. The summed E-state index contributed by atoms with van der Waals surface area (Å²) in [7, 11) is 0. The van der Waals surface area contributed by atoms with Crippen molar-refractivity contribution in [1.82, 2.24) is 4.57 Å². The van der Waals surface area contributed by atoms with E-state index < -0.39 is 0 Å². The van der Waals surface area contributed by atoms with Crippen LogP contribution < -0.4 is 5.32 Å². The van der Waals surface area contributed by atoms with Gasteiger partial charge in [-0.3, -0.25) is 0 Å². The first kappa shape index (κ1) is 27.2. The third-order valence-electron chi connectivity index (χ3n) is 9.65. The van der Waals surface area contributed by atoms with Crippen molar-refractivity contribution in [3.8, 4) is 16.8 Å². The van der Waals surface area contributed by atoms with E-state index in [0.717, 1.165) is 55.0 Å². The Morgan fingerprint density at radius 2 is 1.10 bits per heavy atom. The molecule has 3 nitrogen and oxygen atoms in total. The van der Waals surface area contributed by atoms with Crippen molar-refractivity contribution < 1.29 is 4.42 Å². The van der Waals surface area contributed by atoms with Crippen molar-refractivity contribution >= 4 is 89.3 Å². The number of benzene rings is 8. The summed E-state index contributed by atoms with van der Waals surface area (Å²) in [5, 5.41) is 13.4. The maximum absolute atomic E-state index is 6.50. The quantitative estimate of drug-likeness (QED) is 0.189. The van der Waals surface area contributed by atoms with Crippen molar-refractivity contribution in [2.24, 2.45) is 0 Å². The van der Waals surface area contributed by atoms with Crippen molar-refractivity contribution in [2.45, 2.75) is 4.90 Å². The summed E-state index contributed by atoms with van der Waals surface area (Å²) in [5.74, 6) is 0. The fourth-order valence-electron chi connectivity index (χ4n) is 7.51. The Bertz CT molecular complexity index is 2770. The highest BCUT2D eigenvalue weighted by Crippen LogP contribution is 2.45. The van der Waals surface area contributed by atoms with E-state index in [4.69, 9.17) is 17.0 Å². The fraction of sp³-hybridized carbons (Fsp3) is 0. The zero-order chi connectivity index (χ0) is 31.8. The molecule has 0 spiro atoms. The van der Waals surface area contributed by atoms with Gasteiger partial charge in [-0.15, -0.1) is 12.6 Å². The third kappa shape index (κ3) is 4.03. The summed E-state index contributed by atoms with van der Waals surface area (Å²) in [6, 6.07) is 55.8. The van der Waals surface area contributed by atoms with Gasteiger partial charge < -0.3 is 14.3 Å². The number of rotatable bonds is 4. The van der Waals surface area contributed by atoms with Gasteiger partial charge in [0.2, 0.25) is 0 Å². The second-order valence-electron chi connectivity index (χ2n) is 12.4. The van der Waals surface area contributed by atoms with Gasteiger partial charge >= 0.3 is 0 Å². The maximum atomic E-state index is 6.50. The van der Waals surface area contributed by atoms with Crippen LogP contribution in [0.25, 0.3) is 82.1 Å². The first-order valence-corrected chi connectivity index (χ1v) is 16.6. The topological polar surface area (TPSA) is 30.1 Å². The van der Waals surface area contributed by atoms with Gasteiger partial charge in [0.1, 0.15) is 11.2 Å². The minimum Gasteiger partial charge on any atom is -0.455 e. The Morgan fingerprint density at radius 1 is 0.521 bits per heavy atom. The Morgan fingerprint density at radius 3 is 1.77 bits per heavy atom. The van der Waals surface area contributed by atoms with E-state index >= 15 is 0 Å². The van der Waals surface area contributed by atoms with Crippen LogP contribution >= 0.6 is 12.6 Å². The monoisotopic (exact) mass is 632 g/mol. The predicted octanol–water partition coefficient (Wildman–Crippen LogP) is 12.7. The minimum atomic E-state index is 0.851. The number of nitrogens with one attached hydrogen (secondary N) is 1. The summed E-state index contributed by atoms with van der Waals surface area (Å²) in [6.45, 7) is 0.